The van der Waals surface area contributed by atoms with Crippen LogP contribution in [0, 0.1) is 16.4 Å². The number of aromatic amines is 1. The molecule has 1 N–H and O–H groups in total. The SMILES string of the molecule is Fc1cc(F)c(-n2c(-c3ccncc3)n[nH]c2=S)cc1Br. The van der Waals surface area contributed by atoms with Crippen molar-refractivity contribution in [1.82, 2.24) is 19.7 Å². The summed E-state index contributed by atoms with van der Waals surface area (Å²) in [6.07, 6.45) is 3.18. The molecule has 0 unspecified atom stereocenters. The molecule has 0 spiro atoms. The van der Waals surface area contributed by atoms with Crippen molar-refractivity contribution in [2.45, 2.75) is 0 Å². The zero-order valence-corrected chi connectivity index (χ0v) is 12.8. The van der Waals surface area contributed by atoms with Gasteiger partial charge in [-0.1, -0.05) is 0 Å². The van der Waals surface area contributed by atoms with E-state index >= 15 is 0 Å². The van der Waals surface area contributed by atoms with Crippen molar-refractivity contribution >= 4 is 28.1 Å². The van der Waals surface area contributed by atoms with Crippen molar-refractivity contribution in [2.24, 2.45) is 0 Å². The number of hydrogen-bond donors (Lipinski definition) is 1. The van der Waals surface area contributed by atoms with Gasteiger partial charge in [-0.2, -0.15) is 5.10 Å². The van der Waals surface area contributed by atoms with Crippen molar-refractivity contribution in [2.75, 3.05) is 0 Å². The van der Waals surface area contributed by atoms with Gasteiger partial charge in [-0.25, -0.2) is 8.78 Å². The predicted octanol–water partition coefficient (Wildman–Crippen LogP) is 4.03. The molecule has 0 radical (unpaired) electrons. The maximum Gasteiger partial charge on any atom is 0.200 e. The first-order valence-corrected chi connectivity index (χ1v) is 7.01. The number of H-pyrrole nitrogens is 1. The summed E-state index contributed by atoms with van der Waals surface area (Å²) >= 11 is 8.19. The Kier molecular flexibility index (Phi) is 3.64. The number of nitrogens with one attached hydrogen (secondary N) is 1. The van der Waals surface area contributed by atoms with Crippen molar-refractivity contribution in [3.05, 3.63) is 57.5 Å². The third kappa shape index (κ3) is 2.52. The monoisotopic (exact) mass is 368 g/mol. The van der Waals surface area contributed by atoms with Gasteiger partial charge >= 0.3 is 0 Å². The van der Waals surface area contributed by atoms with Crippen LogP contribution < -0.4 is 0 Å². The van der Waals surface area contributed by atoms with Gasteiger partial charge in [-0.3, -0.25) is 14.6 Å². The van der Waals surface area contributed by atoms with E-state index in [1.54, 1.807) is 24.5 Å². The molecule has 0 atom stereocenters. The van der Waals surface area contributed by atoms with Crippen LogP contribution in [0.4, 0.5) is 8.78 Å². The summed E-state index contributed by atoms with van der Waals surface area (Å²) < 4.78 is 29.2. The second kappa shape index (κ2) is 5.45. The topological polar surface area (TPSA) is 46.5 Å². The number of benzene rings is 1. The molecule has 0 bridgehead atoms. The summed E-state index contributed by atoms with van der Waals surface area (Å²) in [4.78, 5) is 3.92. The van der Waals surface area contributed by atoms with Crippen molar-refractivity contribution in [3.63, 3.8) is 0 Å². The van der Waals surface area contributed by atoms with E-state index in [2.05, 4.69) is 31.1 Å². The smallest absolute Gasteiger partial charge is 0.200 e. The molecule has 8 heteroatoms. The minimum atomic E-state index is -0.733. The Morgan fingerprint density at radius 3 is 2.57 bits per heavy atom. The summed E-state index contributed by atoms with van der Waals surface area (Å²) in [5.41, 5.74) is 0.811. The maximum atomic E-state index is 14.1. The second-order valence-electron chi connectivity index (χ2n) is 4.14. The van der Waals surface area contributed by atoms with Crippen LogP contribution in [-0.4, -0.2) is 19.7 Å². The van der Waals surface area contributed by atoms with Gasteiger partial charge in [0, 0.05) is 24.0 Å². The fourth-order valence-electron chi connectivity index (χ4n) is 1.90. The molecule has 3 rings (SSSR count). The average Bonchev–Trinajstić information content (AvgIpc) is 2.85. The number of rotatable bonds is 2. The Morgan fingerprint density at radius 1 is 1.14 bits per heavy atom. The van der Waals surface area contributed by atoms with Gasteiger partial charge in [0.25, 0.3) is 0 Å². The fourth-order valence-corrected chi connectivity index (χ4v) is 2.46. The van der Waals surface area contributed by atoms with E-state index in [1.165, 1.54) is 10.6 Å². The molecule has 106 valence electrons. The van der Waals surface area contributed by atoms with E-state index in [4.69, 9.17) is 12.2 Å². The first kappa shape index (κ1) is 14.0. The Hall–Kier alpha value is -1.93. The maximum absolute atomic E-state index is 14.1. The number of pyridine rings is 1. The van der Waals surface area contributed by atoms with Crippen LogP contribution in [0.15, 0.2) is 41.1 Å². The Balaban J connectivity index is 2.27. The average molecular weight is 369 g/mol. The van der Waals surface area contributed by atoms with Gasteiger partial charge in [-0.05, 0) is 46.3 Å². The third-order valence-electron chi connectivity index (χ3n) is 2.84. The second-order valence-corrected chi connectivity index (χ2v) is 5.38. The molecular formula is C13H7BrF2N4S. The van der Waals surface area contributed by atoms with Gasteiger partial charge in [0.05, 0.1) is 10.2 Å². The van der Waals surface area contributed by atoms with E-state index in [0.29, 0.717) is 11.4 Å². The molecule has 3 aromatic rings. The standard InChI is InChI=1S/C13H7BrF2N4S/c14-8-5-11(10(16)6-9(8)15)20-12(18-19-13(20)21)7-1-3-17-4-2-7/h1-6H,(H,19,21). The molecule has 4 nitrogen and oxygen atoms in total. The molecule has 0 aliphatic rings. The molecule has 0 fully saturated rings. The van der Waals surface area contributed by atoms with E-state index in [-0.39, 0.29) is 14.9 Å². The van der Waals surface area contributed by atoms with Gasteiger partial charge in [0.2, 0.25) is 0 Å². The van der Waals surface area contributed by atoms with Crippen LogP contribution in [0.5, 0.6) is 0 Å². The van der Waals surface area contributed by atoms with Crippen LogP contribution in [0.2, 0.25) is 0 Å². The van der Waals surface area contributed by atoms with E-state index in [9.17, 15) is 8.78 Å². The summed E-state index contributed by atoms with van der Waals surface area (Å²) in [5, 5.41) is 6.71. The largest absolute Gasteiger partial charge is 0.265 e. The van der Waals surface area contributed by atoms with E-state index < -0.39 is 11.6 Å². The van der Waals surface area contributed by atoms with E-state index in [0.717, 1.165) is 6.07 Å². The Morgan fingerprint density at radius 2 is 1.86 bits per heavy atom. The Bertz CT molecular complexity index is 860. The minimum Gasteiger partial charge on any atom is -0.265 e. The van der Waals surface area contributed by atoms with Crippen LogP contribution in [-0.2, 0) is 0 Å². The number of hydrogen-bond acceptors (Lipinski definition) is 3. The number of nitrogens with zero attached hydrogens (tertiary/aromatic N) is 3. The highest BCUT2D eigenvalue weighted by Gasteiger charge is 2.16. The van der Waals surface area contributed by atoms with E-state index in [1.807, 2.05) is 0 Å². The molecule has 21 heavy (non-hydrogen) atoms. The highest BCUT2D eigenvalue weighted by molar-refractivity contribution is 9.10. The van der Waals surface area contributed by atoms with Crippen molar-refractivity contribution in [3.8, 4) is 17.1 Å². The highest BCUT2D eigenvalue weighted by atomic mass is 79.9. The zero-order chi connectivity index (χ0) is 15.0. The lowest BCUT2D eigenvalue weighted by atomic mass is 10.2. The molecular weight excluding hydrogens is 362 g/mol. The number of aromatic nitrogens is 4. The lowest BCUT2D eigenvalue weighted by Gasteiger charge is -2.09. The molecule has 0 aliphatic heterocycles. The molecule has 0 amide bonds. The first-order chi connectivity index (χ1) is 10.1. The lowest BCUT2D eigenvalue weighted by Crippen LogP contribution is -2.02. The Labute approximate surface area is 131 Å². The van der Waals surface area contributed by atoms with Crippen LogP contribution in [0.25, 0.3) is 17.1 Å². The molecule has 2 aromatic heterocycles. The van der Waals surface area contributed by atoms with Gasteiger partial charge in [-0.15, -0.1) is 0 Å². The summed E-state index contributed by atoms with van der Waals surface area (Å²) in [5.74, 6) is -1.000. The van der Waals surface area contributed by atoms with Crippen LogP contribution >= 0.6 is 28.1 Å². The molecule has 0 saturated carbocycles. The fraction of sp³-hybridized carbons (Fsp3) is 0. The lowest BCUT2D eigenvalue weighted by molar-refractivity contribution is 0.573. The van der Waals surface area contributed by atoms with Crippen molar-refractivity contribution < 1.29 is 8.78 Å². The third-order valence-corrected chi connectivity index (χ3v) is 3.72. The van der Waals surface area contributed by atoms with Gasteiger partial charge in [0.15, 0.2) is 10.6 Å². The molecule has 0 saturated heterocycles. The van der Waals surface area contributed by atoms with Gasteiger partial charge < -0.3 is 0 Å². The highest BCUT2D eigenvalue weighted by Crippen LogP contribution is 2.27. The van der Waals surface area contributed by atoms with Crippen LogP contribution in [0.3, 0.4) is 0 Å². The summed E-state index contributed by atoms with van der Waals surface area (Å²) in [7, 11) is 0. The van der Waals surface area contributed by atoms with Crippen molar-refractivity contribution in [1.29, 1.82) is 0 Å². The number of halogens is 3. The molecule has 1 aromatic carbocycles. The zero-order valence-electron chi connectivity index (χ0n) is 10.3. The molecule has 0 aliphatic carbocycles. The quantitative estimate of drug-likeness (QED) is 0.548. The predicted molar refractivity (Wildman–Crippen MR) is 79.6 cm³/mol. The first-order valence-electron chi connectivity index (χ1n) is 5.80. The minimum absolute atomic E-state index is 0.105. The normalized spacial score (nSPS) is 10.8. The summed E-state index contributed by atoms with van der Waals surface area (Å²) in [6.45, 7) is 0. The van der Waals surface area contributed by atoms with Gasteiger partial charge in [0.1, 0.15) is 11.6 Å². The van der Waals surface area contributed by atoms with Crippen LogP contribution in [0.1, 0.15) is 0 Å². The summed E-state index contributed by atoms with van der Waals surface area (Å²) in [6, 6.07) is 5.56. The molecule has 2 heterocycles.